The zero-order valence-corrected chi connectivity index (χ0v) is 31.8. The molecule has 0 aliphatic rings. The normalized spacial score (nSPS) is 8.96. The standard InChI is InChI=1S/C9H13NO.C9H12.C8H11NO.C7H8N4O3.C7H8.CH2O/c1-10(2)8-4-6-9(11-3)7-5-8;1-2-6-9-7-4-3-5-8-9;1-9-7-3-5-8(10-2)6-4-7;8-6(13)4-5(11-3-10-4)7(14)9-1-2-12;1-7-5-3-2-4-6-7;1-2/h4-7H,1-3H3;3-5,7-8H,2,6H2,1H3;3-6,9H,1-2H3;2-3H,1H2,(H2,8,13)(H,9,14)(H,10,11);2-6H,1H3;1H2. The predicted molar refractivity (Wildman–Crippen MR) is 214 cm³/mol. The van der Waals surface area contributed by atoms with Gasteiger partial charge in [0.25, 0.3) is 11.8 Å². The zero-order valence-electron chi connectivity index (χ0n) is 31.8. The smallest absolute Gasteiger partial charge is 0.270 e. The molecule has 0 atom stereocenters. The van der Waals surface area contributed by atoms with Gasteiger partial charge in [0.15, 0.2) is 5.69 Å². The fourth-order valence-electron chi connectivity index (χ4n) is 3.98. The van der Waals surface area contributed by atoms with Crippen molar-refractivity contribution < 1.29 is 28.7 Å². The van der Waals surface area contributed by atoms with Crippen LogP contribution in [-0.2, 0) is 16.0 Å². The van der Waals surface area contributed by atoms with E-state index in [0.29, 0.717) is 6.29 Å². The number of aromatic amines is 1. The molecule has 0 spiro atoms. The van der Waals surface area contributed by atoms with Crippen LogP contribution in [-0.4, -0.2) is 76.8 Å². The van der Waals surface area contributed by atoms with Gasteiger partial charge in [0.05, 0.1) is 27.1 Å². The summed E-state index contributed by atoms with van der Waals surface area (Å²) in [4.78, 5) is 48.0. The van der Waals surface area contributed by atoms with Crippen molar-refractivity contribution in [1.82, 2.24) is 15.3 Å². The minimum Gasteiger partial charge on any atom is -0.497 e. The monoisotopic (exact) mass is 726 g/mol. The Kier molecular flexibility index (Phi) is 25.8. The van der Waals surface area contributed by atoms with Crippen LogP contribution in [0.5, 0.6) is 11.5 Å². The first-order chi connectivity index (χ1) is 25.6. The van der Waals surface area contributed by atoms with E-state index in [9.17, 15) is 14.4 Å². The van der Waals surface area contributed by atoms with E-state index in [1.165, 1.54) is 36.0 Å². The fourth-order valence-corrected chi connectivity index (χ4v) is 3.98. The minimum absolute atomic E-state index is 0.0423. The molecule has 0 unspecified atom stereocenters. The highest BCUT2D eigenvalue weighted by atomic mass is 16.5. The number of hydrogen-bond acceptors (Lipinski definition) is 9. The van der Waals surface area contributed by atoms with Crippen molar-refractivity contribution in [3.05, 3.63) is 138 Å². The number of nitrogens with zero attached hydrogens (tertiary/aromatic N) is 2. The number of rotatable bonds is 10. The van der Waals surface area contributed by atoms with Gasteiger partial charge in [-0.3, -0.25) is 9.59 Å². The summed E-state index contributed by atoms with van der Waals surface area (Å²) in [5.41, 5.74) is 9.82. The molecule has 2 amide bonds. The lowest BCUT2D eigenvalue weighted by Crippen LogP contribution is -2.28. The Balaban J connectivity index is 0.000000639. The third-order valence-electron chi connectivity index (χ3n) is 6.74. The molecule has 0 saturated heterocycles. The van der Waals surface area contributed by atoms with E-state index in [1.54, 1.807) is 14.2 Å². The highest BCUT2D eigenvalue weighted by Gasteiger charge is 2.17. The first-order valence-corrected chi connectivity index (χ1v) is 16.6. The highest BCUT2D eigenvalue weighted by molar-refractivity contribution is 6.04. The Morgan fingerprint density at radius 3 is 1.75 bits per heavy atom. The quantitative estimate of drug-likeness (QED) is 0.119. The molecule has 12 nitrogen and oxygen atoms in total. The van der Waals surface area contributed by atoms with E-state index in [2.05, 4.69) is 81.8 Å². The number of nitrogens with one attached hydrogen (secondary N) is 3. The van der Waals surface area contributed by atoms with Gasteiger partial charge < -0.3 is 45.3 Å². The van der Waals surface area contributed by atoms with Gasteiger partial charge in [0.1, 0.15) is 30.3 Å². The molecular weight excluding hydrogens is 672 g/mol. The van der Waals surface area contributed by atoms with Gasteiger partial charge in [-0.25, -0.2) is 4.98 Å². The summed E-state index contributed by atoms with van der Waals surface area (Å²) in [6.45, 7) is 6.16. The van der Waals surface area contributed by atoms with Crippen LogP contribution < -0.4 is 30.7 Å². The van der Waals surface area contributed by atoms with Gasteiger partial charge in [-0.1, -0.05) is 79.6 Å². The number of nitrogens with two attached hydrogens (primary N) is 1. The Morgan fingerprint density at radius 2 is 1.36 bits per heavy atom. The van der Waals surface area contributed by atoms with Crippen LogP contribution in [0.2, 0.25) is 0 Å². The van der Waals surface area contributed by atoms with E-state index in [1.807, 2.05) is 94.7 Å². The number of amides is 2. The summed E-state index contributed by atoms with van der Waals surface area (Å²) in [7, 11) is 9.25. The zero-order chi connectivity index (χ0) is 39.9. The number of carbonyl (C=O) groups is 4. The number of carbonyl (C=O) groups excluding carboxylic acids is 4. The van der Waals surface area contributed by atoms with Crippen LogP contribution in [0.25, 0.3) is 0 Å². The second kappa shape index (κ2) is 29.3. The number of benzene rings is 4. The Morgan fingerprint density at radius 1 is 0.849 bits per heavy atom. The van der Waals surface area contributed by atoms with Crippen molar-refractivity contribution in [1.29, 1.82) is 0 Å². The molecule has 0 aliphatic carbocycles. The summed E-state index contributed by atoms with van der Waals surface area (Å²) in [6, 6.07) is 36.6. The first kappa shape index (κ1) is 46.6. The van der Waals surface area contributed by atoms with Crippen LogP contribution in [0.4, 0.5) is 11.4 Å². The third-order valence-corrected chi connectivity index (χ3v) is 6.74. The van der Waals surface area contributed by atoms with Gasteiger partial charge in [-0.2, -0.15) is 0 Å². The molecule has 1 heterocycles. The second-order valence-electron chi connectivity index (χ2n) is 10.8. The van der Waals surface area contributed by atoms with Crippen molar-refractivity contribution in [2.75, 3.05) is 52.1 Å². The molecule has 5 N–H and O–H groups in total. The molecule has 0 aliphatic heterocycles. The van der Waals surface area contributed by atoms with Crippen molar-refractivity contribution >= 4 is 36.3 Å². The highest BCUT2D eigenvalue weighted by Crippen LogP contribution is 2.16. The van der Waals surface area contributed by atoms with Crippen LogP contribution in [0.15, 0.2) is 116 Å². The largest absolute Gasteiger partial charge is 0.497 e. The molecule has 5 rings (SSSR count). The maximum atomic E-state index is 11.2. The maximum Gasteiger partial charge on any atom is 0.270 e. The third kappa shape index (κ3) is 20.7. The maximum absolute atomic E-state index is 11.2. The molecule has 284 valence electrons. The summed E-state index contributed by atoms with van der Waals surface area (Å²) in [6.07, 6.45) is 4.15. The van der Waals surface area contributed by atoms with Crippen molar-refractivity contribution in [3.8, 4) is 11.5 Å². The van der Waals surface area contributed by atoms with E-state index in [0.717, 1.165) is 17.2 Å². The van der Waals surface area contributed by atoms with E-state index in [-0.39, 0.29) is 17.9 Å². The van der Waals surface area contributed by atoms with E-state index < -0.39 is 11.8 Å². The van der Waals surface area contributed by atoms with Crippen LogP contribution >= 0.6 is 0 Å². The number of aryl methyl sites for hydroxylation is 2. The summed E-state index contributed by atoms with van der Waals surface area (Å²) >= 11 is 0. The number of aldehydes is 1. The minimum atomic E-state index is -0.803. The van der Waals surface area contributed by atoms with E-state index >= 15 is 0 Å². The molecule has 0 bridgehead atoms. The first-order valence-electron chi connectivity index (χ1n) is 16.6. The molecular formula is C41H54N6O6. The molecule has 5 aromatic rings. The average Bonchev–Trinajstić information content (AvgIpc) is 3.71. The number of H-pyrrole nitrogens is 1. The van der Waals surface area contributed by atoms with Crippen molar-refractivity contribution in [3.63, 3.8) is 0 Å². The lowest BCUT2D eigenvalue weighted by atomic mass is 10.1. The Bertz CT molecular complexity index is 1640. The number of hydrogen-bond donors (Lipinski definition) is 4. The van der Waals surface area contributed by atoms with Crippen LogP contribution in [0, 0.1) is 6.92 Å². The van der Waals surface area contributed by atoms with Gasteiger partial charge in [0.2, 0.25) is 0 Å². The summed E-state index contributed by atoms with van der Waals surface area (Å²) < 4.78 is 10.0. The predicted octanol–water partition coefficient (Wildman–Crippen LogP) is 6.38. The van der Waals surface area contributed by atoms with Crippen LogP contribution in [0.3, 0.4) is 0 Å². The number of anilines is 2. The number of imidazole rings is 1. The Hall–Kier alpha value is -6.43. The molecule has 0 fully saturated rings. The Labute approximate surface area is 313 Å². The number of methoxy groups -OCH3 is 2. The average molecular weight is 727 g/mol. The van der Waals surface area contributed by atoms with Gasteiger partial charge in [0, 0.05) is 32.5 Å². The lowest BCUT2D eigenvalue weighted by Gasteiger charge is -2.11. The van der Waals surface area contributed by atoms with Gasteiger partial charge >= 0.3 is 0 Å². The lowest BCUT2D eigenvalue weighted by molar-refractivity contribution is -0.107. The van der Waals surface area contributed by atoms with Crippen molar-refractivity contribution in [2.24, 2.45) is 5.73 Å². The van der Waals surface area contributed by atoms with E-state index in [4.69, 9.17) is 20.0 Å². The molecule has 4 aromatic carbocycles. The fraction of sp³-hybridized carbons (Fsp3) is 0.244. The summed E-state index contributed by atoms with van der Waals surface area (Å²) in [5.74, 6) is 0.389. The topological polar surface area (TPSA) is 169 Å². The molecule has 12 heteroatoms. The molecule has 0 radical (unpaired) electrons. The number of aromatic nitrogens is 2. The molecule has 0 saturated carbocycles. The van der Waals surface area contributed by atoms with Crippen molar-refractivity contribution in [2.45, 2.75) is 26.7 Å². The molecule has 53 heavy (non-hydrogen) atoms. The molecule has 1 aromatic heterocycles. The SMILES string of the molecule is C=O.CCCc1ccccc1.CNc1ccc(OC)cc1.COc1ccc(N(C)C)cc1.Cc1ccccc1.NC(=O)c1nc[nH]c1C(=O)NCC=O. The van der Waals surface area contributed by atoms with Gasteiger partial charge in [-0.15, -0.1) is 0 Å². The summed E-state index contributed by atoms with van der Waals surface area (Å²) in [5, 5.41) is 5.27. The number of primary amides is 1. The van der Waals surface area contributed by atoms with Crippen LogP contribution in [0.1, 0.15) is 45.4 Å². The second-order valence-corrected chi connectivity index (χ2v) is 10.8. The number of ether oxygens (including phenoxy) is 2. The van der Waals surface area contributed by atoms with Gasteiger partial charge in [-0.05, 0) is 67.4 Å².